The molecule has 0 spiro atoms. The third-order valence-electron chi connectivity index (χ3n) is 3.82. The van der Waals surface area contributed by atoms with Gasteiger partial charge < -0.3 is 9.64 Å². The average molecular weight is 275 g/mol. The summed E-state index contributed by atoms with van der Waals surface area (Å²) >= 11 is 5.73. The van der Waals surface area contributed by atoms with Gasteiger partial charge in [0.2, 0.25) is 5.91 Å². The van der Waals surface area contributed by atoms with Crippen LogP contribution in [0.3, 0.4) is 0 Å². The van der Waals surface area contributed by atoms with Gasteiger partial charge in [-0.05, 0) is 12.8 Å². The van der Waals surface area contributed by atoms with Crippen molar-refractivity contribution in [1.82, 2.24) is 9.80 Å². The van der Waals surface area contributed by atoms with Crippen molar-refractivity contribution < 1.29 is 9.53 Å². The van der Waals surface area contributed by atoms with Gasteiger partial charge >= 0.3 is 0 Å². The quantitative estimate of drug-likeness (QED) is 0.722. The van der Waals surface area contributed by atoms with E-state index in [-0.39, 0.29) is 11.8 Å². The van der Waals surface area contributed by atoms with Crippen molar-refractivity contribution in [3.05, 3.63) is 0 Å². The summed E-state index contributed by atoms with van der Waals surface area (Å²) in [7, 11) is 0. The van der Waals surface area contributed by atoms with Gasteiger partial charge in [-0.25, -0.2) is 0 Å². The molecule has 2 heterocycles. The lowest BCUT2D eigenvalue weighted by Gasteiger charge is -2.36. The van der Waals surface area contributed by atoms with Crippen molar-refractivity contribution >= 4 is 17.5 Å². The van der Waals surface area contributed by atoms with E-state index in [1.165, 1.54) is 12.8 Å². The largest absolute Gasteiger partial charge is 0.377 e. The SMILES string of the molecule is CC(CCl)C(=O)N1CCN(CC2CCCO2)CC1. The molecular weight excluding hydrogens is 252 g/mol. The van der Waals surface area contributed by atoms with Gasteiger partial charge in [-0.1, -0.05) is 6.92 Å². The molecule has 0 N–H and O–H groups in total. The molecule has 0 aromatic rings. The minimum Gasteiger partial charge on any atom is -0.377 e. The zero-order valence-electron chi connectivity index (χ0n) is 11.1. The predicted molar refractivity (Wildman–Crippen MR) is 71.9 cm³/mol. The number of carbonyl (C=O) groups excluding carboxylic acids is 1. The molecule has 0 aromatic carbocycles. The Hall–Kier alpha value is -0.320. The first-order valence-corrected chi connectivity index (χ1v) is 7.43. The number of hydrogen-bond donors (Lipinski definition) is 0. The molecule has 2 rings (SSSR count). The standard InChI is InChI=1S/C13H23ClN2O2/c1-11(9-14)13(17)16-6-4-15(5-7-16)10-12-3-2-8-18-12/h11-12H,2-10H2,1H3. The number of halogens is 1. The molecule has 5 heteroatoms. The first-order valence-electron chi connectivity index (χ1n) is 6.89. The lowest BCUT2D eigenvalue weighted by Crippen LogP contribution is -2.51. The molecule has 4 nitrogen and oxygen atoms in total. The molecule has 0 radical (unpaired) electrons. The predicted octanol–water partition coefficient (Wildman–Crippen LogP) is 1.18. The maximum absolute atomic E-state index is 12.0. The van der Waals surface area contributed by atoms with Crippen LogP contribution in [0.1, 0.15) is 19.8 Å². The smallest absolute Gasteiger partial charge is 0.226 e. The van der Waals surface area contributed by atoms with E-state index in [1.807, 2.05) is 11.8 Å². The van der Waals surface area contributed by atoms with E-state index in [2.05, 4.69) is 4.90 Å². The Balaban J connectivity index is 1.72. The summed E-state index contributed by atoms with van der Waals surface area (Å²) < 4.78 is 5.65. The topological polar surface area (TPSA) is 32.8 Å². The Labute approximate surface area is 114 Å². The molecule has 0 saturated carbocycles. The van der Waals surface area contributed by atoms with Crippen molar-refractivity contribution in [2.45, 2.75) is 25.9 Å². The van der Waals surface area contributed by atoms with Crippen LogP contribution in [-0.2, 0) is 9.53 Å². The van der Waals surface area contributed by atoms with Crippen LogP contribution in [0.25, 0.3) is 0 Å². The van der Waals surface area contributed by atoms with Gasteiger partial charge in [0, 0.05) is 51.1 Å². The highest BCUT2D eigenvalue weighted by Crippen LogP contribution is 2.15. The van der Waals surface area contributed by atoms with Crippen molar-refractivity contribution in [3.8, 4) is 0 Å². The summed E-state index contributed by atoms with van der Waals surface area (Å²) in [6.07, 6.45) is 2.78. The molecular formula is C13H23ClN2O2. The summed E-state index contributed by atoms with van der Waals surface area (Å²) in [6, 6.07) is 0. The zero-order valence-corrected chi connectivity index (χ0v) is 11.9. The summed E-state index contributed by atoms with van der Waals surface area (Å²) in [5.74, 6) is 0.549. The number of piperazine rings is 1. The molecule has 104 valence electrons. The number of rotatable bonds is 4. The fourth-order valence-electron chi connectivity index (χ4n) is 2.60. The molecule has 18 heavy (non-hydrogen) atoms. The van der Waals surface area contributed by atoms with Crippen LogP contribution >= 0.6 is 11.6 Å². The maximum Gasteiger partial charge on any atom is 0.226 e. The highest BCUT2D eigenvalue weighted by molar-refractivity contribution is 6.19. The second-order valence-electron chi connectivity index (χ2n) is 5.32. The Kier molecular flexibility index (Phi) is 5.27. The highest BCUT2D eigenvalue weighted by atomic mass is 35.5. The van der Waals surface area contributed by atoms with E-state index in [1.54, 1.807) is 0 Å². The first kappa shape index (κ1) is 14.1. The minimum atomic E-state index is -0.0589. The molecule has 1 amide bonds. The van der Waals surface area contributed by atoms with Gasteiger partial charge in [0.1, 0.15) is 0 Å². The van der Waals surface area contributed by atoms with Crippen LogP contribution in [-0.4, -0.2) is 67.0 Å². The van der Waals surface area contributed by atoms with E-state index in [0.29, 0.717) is 12.0 Å². The molecule has 2 unspecified atom stereocenters. The Morgan fingerprint density at radius 2 is 2.11 bits per heavy atom. The van der Waals surface area contributed by atoms with Gasteiger partial charge in [0.15, 0.2) is 0 Å². The Morgan fingerprint density at radius 1 is 1.39 bits per heavy atom. The van der Waals surface area contributed by atoms with Gasteiger partial charge in [-0.15, -0.1) is 11.6 Å². The number of alkyl halides is 1. The van der Waals surface area contributed by atoms with Crippen LogP contribution in [0, 0.1) is 5.92 Å². The average Bonchev–Trinajstić information content (AvgIpc) is 2.91. The van der Waals surface area contributed by atoms with Crippen LogP contribution in [0.5, 0.6) is 0 Å². The van der Waals surface area contributed by atoms with Crippen LogP contribution in [0.4, 0.5) is 0 Å². The molecule has 2 atom stereocenters. The lowest BCUT2D eigenvalue weighted by atomic mass is 10.1. The van der Waals surface area contributed by atoms with Crippen molar-refractivity contribution in [1.29, 1.82) is 0 Å². The number of ether oxygens (including phenoxy) is 1. The van der Waals surface area contributed by atoms with E-state index in [0.717, 1.165) is 39.3 Å². The van der Waals surface area contributed by atoms with E-state index < -0.39 is 0 Å². The molecule has 2 saturated heterocycles. The summed E-state index contributed by atoms with van der Waals surface area (Å²) in [5.41, 5.74) is 0. The fraction of sp³-hybridized carbons (Fsp3) is 0.923. The van der Waals surface area contributed by atoms with Crippen molar-refractivity contribution in [3.63, 3.8) is 0 Å². The molecule has 2 fully saturated rings. The van der Waals surface area contributed by atoms with E-state index in [9.17, 15) is 4.79 Å². The third-order valence-corrected chi connectivity index (χ3v) is 4.29. The highest BCUT2D eigenvalue weighted by Gasteiger charge is 2.26. The number of carbonyl (C=O) groups is 1. The number of amides is 1. The van der Waals surface area contributed by atoms with Crippen LogP contribution < -0.4 is 0 Å². The molecule has 2 aliphatic heterocycles. The summed E-state index contributed by atoms with van der Waals surface area (Å²) in [5, 5.41) is 0. The normalized spacial score (nSPS) is 27.4. The maximum atomic E-state index is 12.0. The zero-order chi connectivity index (χ0) is 13.0. The summed E-state index contributed by atoms with van der Waals surface area (Å²) in [4.78, 5) is 16.3. The second-order valence-corrected chi connectivity index (χ2v) is 5.62. The van der Waals surface area contributed by atoms with E-state index in [4.69, 9.17) is 16.3 Å². The lowest BCUT2D eigenvalue weighted by molar-refractivity contribution is -0.136. The Morgan fingerprint density at radius 3 is 2.67 bits per heavy atom. The van der Waals surface area contributed by atoms with Gasteiger partial charge in [-0.3, -0.25) is 9.69 Å². The second kappa shape index (κ2) is 6.73. The minimum absolute atomic E-state index is 0.0589. The van der Waals surface area contributed by atoms with Gasteiger partial charge in [0.05, 0.1) is 6.10 Å². The molecule has 0 aliphatic carbocycles. The molecule has 2 aliphatic rings. The molecule has 0 aromatic heterocycles. The van der Waals surface area contributed by atoms with Crippen LogP contribution in [0.15, 0.2) is 0 Å². The number of nitrogens with zero attached hydrogens (tertiary/aromatic N) is 2. The number of hydrogen-bond acceptors (Lipinski definition) is 3. The third kappa shape index (κ3) is 3.59. The first-order chi connectivity index (χ1) is 8.70. The fourth-order valence-corrected chi connectivity index (χ4v) is 2.74. The van der Waals surface area contributed by atoms with E-state index >= 15 is 0 Å². The molecule has 0 bridgehead atoms. The van der Waals surface area contributed by atoms with Crippen molar-refractivity contribution in [2.24, 2.45) is 5.92 Å². The van der Waals surface area contributed by atoms with Gasteiger partial charge in [-0.2, -0.15) is 0 Å². The van der Waals surface area contributed by atoms with Crippen molar-refractivity contribution in [2.75, 3.05) is 45.2 Å². The summed E-state index contributed by atoms with van der Waals surface area (Å²) in [6.45, 7) is 7.40. The monoisotopic (exact) mass is 274 g/mol. The van der Waals surface area contributed by atoms with Gasteiger partial charge in [0.25, 0.3) is 0 Å². The Bertz CT molecular complexity index is 274. The van der Waals surface area contributed by atoms with Crippen LogP contribution in [0.2, 0.25) is 0 Å².